The number of nitrogens with zero attached hydrogens (tertiary/aromatic N) is 2. The molecule has 2 aliphatic rings. The molecule has 8 heteroatoms. The monoisotopic (exact) mass is 506 g/mol. The van der Waals surface area contributed by atoms with Gasteiger partial charge in [-0.2, -0.15) is 0 Å². The first-order chi connectivity index (χ1) is 16.4. The topological polar surface area (TPSA) is 49.9 Å². The van der Waals surface area contributed by atoms with Crippen molar-refractivity contribution in [2.45, 2.75) is 38.5 Å². The zero-order valence-electron chi connectivity index (χ0n) is 19.1. The van der Waals surface area contributed by atoms with Crippen LogP contribution in [-0.4, -0.2) is 54.4 Å². The molecule has 2 saturated heterocycles. The van der Waals surface area contributed by atoms with Crippen molar-refractivity contribution in [3.05, 3.63) is 63.9 Å². The summed E-state index contributed by atoms with van der Waals surface area (Å²) in [6, 6.07) is 10.8. The first kappa shape index (κ1) is 24.8. The lowest BCUT2D eigenvalue weighted by molar-refractivity contribution is -0.136. The molecule has 2 aromatic rings. The molecule has 182 valence electrons. The van der Waals surface area contributed by atoms with Gasteiger partial charge >= 0.3 is 0 Å². The van der Waals surface area contributed by atoms with E-state index in [4.69, 9.17) is 27.9 Å². The number of benzene rings is 2. The van der Waals surface area contributed by atoms with E-state index in [2.05, 4.69) is 0 Å². The van der Waals surface area contributed by atoms with Crippen LogP contribution in [0.25, 0.3) is 0 Å². The summed E-state index contributed by atoms with van der Waals surface area (Å²) in [6.07, 6.45) is 4.93. The summed E-state index contributed by atoms with van der Waals surface area (Å²) in [6.45, 7) is 2.69. The van der Waals surface area contributed by atoms with E-state index in [-0.39, 0.29) is 36.2 Å². The molecule has 2 amide bonds. The summed E-state index contributed by atoms with van der Waals surface area (Å²) in [5, 5.41) is 0.612. The van der Waals surface area contributed by atoms with E-state index in [0.717, 1.165) is 45.2 Å². The summed E-state index contributed by atoms with van der Waals surface area (Å²) in [5.41, 5.74) is -0.284. The fraction of sp³-hybridized carbons (Fsp3) is 0.462. The Labute approximate surface area is 209 Å². The maximum absolute atomic E-state index is 13.4. The largest absolute Gasteiger partial charge is 0.493 e. The molecule has 0 saturated carbocycles. The average Bonchev–Trinajstić information content (AvgIpc) is 2.84. The molecule has 2 heterocycles. The zero-order chi connectivity index (χ0) is 24.1. The predicted molar refractivity (Wildman–Crippen MR) is 131 cm³/mol. The molecule has 5 nitrogen and oxygen atoms in total. The van der Waals surface area contributed by atoms with Crippen LogP contribution in [0.1, 0.15) is 48.9 Å². The number of carbonyl (C=O) groups is 2. The zero-order valence-corrected chi connectivity index (χ0v) is 20.6. The van der Waals surface area contributed by atoms with Gasteiger partial charge in [0.15, 0.2) is 0 Å². The summed E-state index contributed by atoms with van der Waals surface area (Å²) >= 11 is 12.6. The van der Waals surface area contributed by atoms with Crippen LogP contribution in [-0.2, 0) is 4.79 Å². The van der Waals surface area contributed by atoms with Crippen molar-refractivity contribution in [1.29, 1.82) is 0 Å². The van der Waals surface area contributed by atoms with Gasteiger partial charge in [0.25, 0.3) is 5.91 Å². The molecule has 2 fully saturated rings. The fourth-order valence-corrected chi connectivity index (χ4v) is 5.46. The van der Waals surface area contributed by atoms with Crippen LogP contribution in [0.4, 0.5) is 4.39 Å². The van der Waals surface area contributed by atoms with E-state index in [9.17, 15) is 14.0 Å². The van der Waals surface area contributed by atoms with Gasteiger partial charge in [0.05, 0.1) is 22.2 Å². The molecule has 0 spiro atoms. The van der Waals surface area contributed by atoms with Crippen molar-refractivity contribution in [1.82, 2.24) is 9.80 Å². The third-order valence-corrected chi connectivity index (χ3v) is 7.35. The summed E-state index contributed by atoms with van der Waals surface area (Å²) < 4.78 is 19.4. The second-order valence-corrected chi connectivity index (χ2v) is 10.1. The van der Waals surface area contributed by atoms with Crippen molar-refractivity contribution in [2.24, 2.45) is 5.41 Å². The Morgan fingerprint density at radius 2 is 1.56 bits per heavy atom. The van der Waals surface area contributed by atoms with Gasteiger partial charge in [-0.1, -0.05) is 29.3 Å². The SMILES string of the molecule is O=C(CC1(COc2ccc(F)cc2)CCCN(C(=O)c2c(Cl)cccc2Cl)C1)N1CCCCC1. The van der Waals surface area contributed by atoms with Crippen molar-refractivity contribution >= 4 is 35.0 Å². The minimum atomic E-state index is -0.565. The Bertz CT molecular complexity index is 1010. The number of piperidine rings is 2. The smallest absolute Gasteiger partial charge is 0.256 e. The minimum Gasteiger partial charge on any atom is -0.493 e. The highest BCUT2D eigenvalue weighted by Crippen LogP contribution is 2.37. The number of hydrogen-bond donors (Lipinski definition) is 0. The minimum absolute atomic E-state index is 0.0903. The molecule has 1 atom stereocenters. The van der Waals surface area contributed by atoms with E-state index < -0.39 is 5.41 Å². The first-order valence-electron chi connectivity index (χ1n) is 11.8. The molecule has 0 aliphatic carbocycles. The number of likely N-dealkylation sites (tertiary alicyclic amines) is 2. The second kappa shape index (κ2) is 11.0. The van der Waals surface area contributed by atoms with E-state index in [1.54, 1.807) is 35.2 Å². The van der Waals surface area contributed by atoms with E-state index >= 15 is 0 Å². The Hall–Kier alpha value is -2.31. The molecule has 34 heavy (non-hydrogen) atoms. The van der Waals surface area contributed by atoms with Gasteiger partial charge in [0.2, 0.25) is 5.91 Å². The maximum Gasteiger partial charge on any atom is 0.256 e. The lowest BCUT2D eigenvalue weighted by Crippen LogP contribution is -2.51. The van der Waals surface area contributed by atoms with Crippen molar-refractivity contribution < 1.29 is 18.7 Å². The molecule has 2 aromatic carbocycles. The van der Waals surface area contributed by atoms with Crippen LogP contribution in [0.3, 0.4) is 0 Å². The summed E-state index contributed by atoms with van der Waals surface area (Å²) in [5.74, 6) is 0.0385. The number of amides is 2. The molecule has 2 aliphatic heterocycles. The third kappa shape index (κ3) is 5.84. The van der Waals surface area contributed by atoms with E-state index in [0.29, 0.717) is 28.9 Å². The van der Waals surface area contributed by atoms with Crippen LogP contribution in [0.2, 0.25) is 10.0 Å². The highest BCUT2D eigenvalue weighted by atomic mass is 35.5. The van der Waals surface area contributed by atoms with Crippen LogP contribution in [0.5, 0.6) is 5.75 Å². The Morgan fingerprint density at radius 1 is 0.912 bits per heavy atom. The molecule has 0 radical (unpaired) electrons. The Kier molecular flexibility index (Phi) is 7.99. The molecular weight excluding hydrogens is 478 g/mol. The quantitative estimate of drug-likeness (QED) is 0.494. The number of halogens is 3. The fourth-order valence-electron chi connectivity index (χ4n) is 4.90. The lowest BCUT2D eigenvalue weighted by atomic mass is 9.77. The molecule has 0 aromatic heterocycles. The van der Waals surface area contributed by atoms with Crippen molar-refractivity contribution in [3.63, 3.8) is 0 Å². The van der Waals surface area contributed by atoms with Crippen molar-refractivity contribution in [3.8, 4) is 5.75 Å². The van der Waals surface area contributed by atoms with Crippen LogP contribution < -0.4 is 4.74 Å². The highest BCUT2D eigenvalue weighted by Gasteiger charge is 2.41. The van der Waals surface area contributed by atoms with E-state index in [1.165, 1.54) is 12.1 Å². The standard InChI is InChI=1S/C26H29Cl2FN2O3/c27-21-6-4-7-22(28)24(21)25(33)31-15-5-12-26(17-31,16-23(32)30-13-2-1-3-14-30)18-34-20-10-8-19(29)9-11-20/h4,6-11H,1-3,5,12-18H2. The first-order valence-corrected chi connectivity index (χ1v) is 12.5. The van der Waals surface area contributed by atoms with Crippen LogP contribution >= 0.6 is 23.2 Å². The number of carbonyl (C=O) groups excluding carboxylic acids is 2. The second-order valence-electron chi connectivity index (χ2n) is 9.29. The third-order valence-electron chi connectivity index (χ3n) is 6.72. The molecule has 1 unspecified atom stereocenters. The highest BCUT2D eigenvalue weighted by molar-refractivity contribution is 6.39. The van der Waals surface area contributed by atoms with Gasteiger partial charge in [-0.05, 0) is 68.5 Å². The normalized spacial score (nSPS) is 20.8. The molecular formula is C26H29Cl2FN2O3. The van der Waals surface area contributed by atoms with Crippen LogP contribution in [0.15, 0.2) is 42.5 Å². The van der Waals surface area contributed by atoms with Gasteiger partial charge in [0.1, 0.15) is 11.6 Å². The van der Waals surface area contributed by atoms with E-state index in [1.807, 2.05) is 4.90 Å². The number of hydrogen-bond acceptors (Lipinski definition) is 3. The van der Waals surface area contributed by atoms with Gasteiger partial charge in [-0.15, -0.1) is 0 Å². The Balaban J connectivity index is 1.56. The number of ether oxygens (including phenoxy) is 1. The average molecular weight is 507 g/mol. The van der Waals surface area contributed by atoms with Gasteiger partial charge in [-0.25, -0.2) is 4.39 Å². The van der Waals surface area contributed by atoms with Crippen LogP contribution in [0, 0.1) is 11.2 Å². The van der Waals surface area contributed by atoms with Gasteiger partial charge in [0, 0.05) is 38.0 Å². The predicted octanol–water partition coefficient (Wildman–Crippen LogP) is 5.84. The van der Waals surface area contributed by atoms with Gasteiger partial charge < -0.3 is 14.5 Å². The van der Waals surface area contributed by atoms with Gasteiger partial charge in [-0.3, -0.25) is 9.59 Å². The molecule has 0 bridgehead atoms. The van der Waals surface area contributed by atoms with Crippen molar-refractivity contribution in [2.75, 3.05) is 32.8 Å². The summed E-state index contributed by atoms with van der Waals surface area (Å²) in [4.78, 5) is 30.3. The molecule has 0 N–H and O–H groups in total. The lowest BCUT2D eigenvalue weighted by Gasteiger charge is -2.43. The molecule has 4 rings (SSSR count). The maximum atomic E-state index is 13.4. The summed E-state index contributed by atoms with van der Waals surface area (Å²) in [7, 11) is 0. The Morgan fingerprint density at radius 3 is 2.24 bits per heavy atom. The number of rotatable bonds is 6.